The van der Waals surface area contributed by atoms with Gasteiger partial charge in [0.05, 0.1) is 12.7 Å². The summed E-state index contributed by atoms with van der Waals surface area (Å²) >= 11 is 5.97. The van der Waals surface area contributed by atoms with Gasteiger partial charge in [-0.15, -0.1) is 0 Å². The predicted octanol–water partition coefficient (Wildman–Crippen LogP) is 4.41. The molecule has 3 heteroatoms. The second kappa shape index (κ2) is 6.44. The van der Waals surface area contributed by atoms with Gasteiger partial charge in [-0.25, -0.2) is 0 Å². The smallest absolute Gasteiger partial charge is 0.0741 e. The zero-order chi connectivity index (χ0) is 13.0. The van der Waals surface area contributed by atoms with Crippen LogP contribution >= 0.6 is 11.6 Å². The van der Waals surface area contributed by atoms with E-state index in [-0.39, 0.29) is 0 Å². The molecule has 2 N–H and O–H groups in total. The summed E-state index contributed by atoms with van der Waals surface area (Å²) in [5, 5.41) is 0.720. The highest BCUT2D eigenvalue weighted by atomic mass is 35.5. The molecule has 1 aromatic rings. The Morgan fingerprint density at radius 3 is 3.00 bits per heavy atom. The molecule has 1 aliphatic rings. The van der Waals surface area contributed by atoms with Crippen LogP contribution in [0.15, 0.2) is 18.2 Å². The van der Waals surface area contributed by atoms with Gasteiger partial charge in [-0.1, -0.05) is 37.8 Å². The van der Waals surface area contributed by atoms with Crippen LogP contribution in [0, 0.1) is 5.92 Å². The van der Waals surface area contributed by atoms with Gasteiger partial charge >= 0.3 is 0 Å². The molecule has 0 aromatic heterocycles. The summed E-state index contributed by atoms with van der Waals surface area (Å²) in [5.41, 5.74) is 7.69. The molecule has 2 rings (SSSR count). The number of nitrogen functional groups attached to an aromatic ring is 1. The summed E-state index contributed by atoms with van der Waals surface area (Å²) in [6.45, 7) is 2.84. The Hall–Kier alpha value is -0.730. The summed E-state index contributed by atoms with van der Waals surface area (Å²) in [6, 6.07) is 5.56. The Bertz CT molecular complexity index is 394. The number of benzene rings is 1. The molecular formula is C15H22ClNO. The molecule has 0 aliphatic heterocycles. The highest BCUT2D eigenvalue weighted by Crippen LogP contribution is 2.29. The Kier molecular flexibility index (Phi) is 4.90. The molecule has 0 radical (unpaired) electrons. The van der Waals surface area contributed by atoms with Gasteiger partial charge in [0.2, 0.25) is 0 Å². The van der Waals surface area contributed by atoms with E-state index < -0.39 is 0 Å². The first-order valence-corrected chi connectivity index (χ1v) is 7.22. The van der Waals surface area contributed by atoms with Gasteiger partial charge in [0.25, 0.3) is 0 Å². The minimum absolute atomic E-state index is 0.391. The minimum atomic E-state index is 0.391. The molecule has 0 heterocycles. The minimum Gasteiger partial charge on any atom is -0.398 e. The van der Waals surface area contributed by atoms with Crippen molar-refractivity contribution < 1.29 is 4.74 Å². The number of nitrogens with two attached hydrogens (primary N) is 1. The second-order valence-electron chi connectivity index (χ2n) is 5.22. The van der Waals surface area contributed by atoms with Crippen LogP contribution in [0.25, 0.3) is 0 Å². The average molecular weight is 268 g/mol. The molecule has 2 nitrogen and oxygen atoms in total. The molecule has 0 amide bonds. The van der Waals surface area contributed by atoms with Crippen molar-refractivity contribution in [1.82, 2.24) is 0 Å². The lowest BCUT2D eigenvalue weighted by Gasteiger charge is -2.28. The van der Waals surface area contributed by atoms with Gasteiger partial charge in [0.15, 0.2) is 0 Å². The monoisotopic (exact) mass is 267 g/mol. The van der Waals surface area contributed by atoms with Crippen molar-refractivity contribution in [1.29, 1.82) is 0 Å². The van der Waals surface area contributed by atoms with Gasteiger partial charge < -0.3 is 10.5 Å². The van der Waals surface area contributed by atoms with E-state index >= 15 is 0 Å². The zero-order valence-electron chi connectivity index (χ0n) is 11.0. The first-order chi connectivity index (χ1) is 8.69. The summed E-state index contributed by atoms with van der Waals surface area (Å²) in [6.07, 6.45) is 6.67. The van der Waals surface area contributed by atoms with Crippen LogP contribution in [0.3, 0.4) is 0 Å². The van der Waals surface area contributed by atoms with E-state index in [4.69, 9.17) is 22.1 Å². The fraction of sp³-hybridized carbons (Fsp3) is 0.600. The quantitative estimate of drug-likeness (QED) is 0.821. The fourth-order valence-electron chi connectivity index (χ4n) is 2.67. The van der Waals surface area contributed by atoms with E-state index in [1.807, 2.05) is 18.2 Å². The molecule has 100 valence electrons. The van der Waals surface area contributed by atoms with Crippen molar-refractivity contribution in [2.24, 2.45) is 5.92 Å². The lowest BCUT2D eigenvalue weighted by Crippen LogP contribution is -2.22. The van der Waals surface area contributed by atoms with Crippen LogP contribution in [0.4, 0.5) is 5.69 Å². The van der Waals surface area contributed by atoms with Crippen LogP contribution in [-0.4, -0.2) is 6.10 Å². The maximum Gasteiger partial charge on any atom is 0.0741 e. The molecule has 1 aliphatic carbocycles. The van der Waals surface area contributed by atoms with Crippen LogP contribution in [0.1, 0.15) is 44.6 Å². The molecule has 1 aromatic carbocycles. The first kappa shape index (κ1) is 13.7. The lowest BCUT2D eigenvalue weighted by atomic mass is 9.85. The zero-order valence-corrected chi connectivity index (χ0v) is 11.7. The van der Waals surface area contributed by atoms with Crippen LogP contribution in [0.5, 0.6) is 0 Å². The summed E-state index contributed by atoms with van der Waals surface area (Å²) in [4.78, 5) is 0. The topological polar surface area (TPSA) is 35.2 Å². The van der Waals surface area contributed by atoms with E-state index in [1.165, 1.54) is 32.1 Å². The van der Waals surface area contributed by atoms with Crippen molar-refractivity contribution in [3.8, 4) is 0 Å². The third-order valence-electron chi connectivity index (χ3n) is 3.89. The number of rotatable bonds is 4. The lowest BCUT2D eigenvalue weighted by molar-refractivity contribution is 0.00202. The number of ether oxygens (including phenoxy) is 1. The van der Waals surface area contributed by atoms with Crippen molar-refractivity contribution in [3.63, 3.8) is 0 Å². The fourth-order valence-corrected chi connectivity index (χ4v) is 2.87. The van der Waals surface area contributed by atoms with E-state index in [1.54, 1.807) is 0 Å². The Balaban J connectivity index is 1.89. The van der Waals surface area contributed by atoms with Crippen molar-refractivity contribution in [2.45, 2.75) is 51.7 Å². The third kappa shape index (κ3) is 3.63. The molecular weight excluding hydrogens is 246 g/mol. The van der Waals surface area contributed by atoms with Gasteiger partial charge in [-0.05, 0) is 37.0 Å². The molecule has 2 atom stereocenters. The first-order valence-electron chi connectivity index (χ1n) is 6.84. The van der Waals surface area contributed by atoms with Gasteiger partial charge in [0.1, 0.15) is 0 Å². The van der Waals surface area contributed by atoms with E-state index in [0.717, 1.165) is 22.2 Å². The predicted molar refractivity (Wildman–Crippen MR) is 76.7 cm³/mol. The summed E-state index contributed by atoms with van der Waals surface area (Å²) in [5.74, 6) is 0.834. The standard InChI is InChI=1S/C15H22ClNO/c1-2-11-4-3-5-14(8-11)18-10-12-9-13(16)6-7-15(12)17/h6-7,9,11,14H,2-5,8,10,17H2,1H3. The van der Waals surface area contributed by atoms with Crippen LogP contribution in [-0.2, 0) is 11.3 Å². The highest BCUT2D eigenvalue weighted by molar-refractivity contribution is 6.30. The number of hydrogen-bond acceptors (Lipinski definition) is 2. The maximum atomic E-state index is 6.00. The molecule has 2 unspecified atom stereocenters. The van der Waals surface area contributed by atoms with E-state index in [0.29, 0.717) is 12.7 Å². The molecule has 0 bridgehead atoms. The summed E-state index contributed by atoms with van der Waals surface area (Å²) in [7, 11) is 0. The van der Waals surface area contributed by atoms with Crippen LogP contribution in [0.2, 0.25) is 5.02 Å². The SMILES string of the molecule is CCC1CCCC(OCc2cc(Cl)ccc2N)C1. The van der Waals surface area contributed by atoms with Crippen molar-refractivity contribution in [3.05, 3.63) is 28.8 Å². The van der Waals surface area contributed by atoms with Gasteiger partial charge in [0, 0.05) is 16.3 Å². The van der Waals surface area contributed by atoms with E-state index in [9.17, 15) is 0 Å². The van der Waals surface area contributed by atoms with Crippen molar-refractivity contribution in [2.75, 3.05) is 5.73 Å². The largest absolute Gasteiger partial charge is 0.398 e. The Labute approximate surface area is 114 Å². The molecule has 0 saturated heterocycles. The van der Waals surface area contributed by atoms with Crippen molar-refractivity contribution >= 4 is 17.3 Å². The number of anilines is 1. The van der Waals surface area contributed by atoms with Gasteiger partial charge in [-0.2, -0.15) is 0 Å². The maximum absolute atomic E-state index is 6.00. The third-order valence-corrected chi connectivity index (χ3v) is 4.13. The van der Waals surface area contributed by atoms with Gasteiger partial charge in [-0.3, -0.25) is 0 Å². The second-order valence-corrected chi connectivity index (χ2v) is 5.65. The molecule has 18 heavy (non-hydrogen) atoms. The highest BCUT2D eigenvalue weighted by Gasteiger charge is 2.21. The van der Waals surface area contributed by atoms with E-state index in [2.05, 4.69) is 6.92 Å². The number of halogens is 1. The normalized spacial score (nSPS) is 24.1. The Morgan fingerprint density at radius 2 is 2.22 bits per heavy atom. The van der Waals surface area contributed by atoms with Crippen LogP contribution < -0.4 is 5.73 Å². The molecule has 1 fully saturated rings. The molecule has 1 saturated carbocycles. The average Bonchev–Trinajstić information content (AvgIpc) is 2.40. The molecule has 0 spiro atoms. The number of hydrogen-bond donors (Lipinski definition) is 1. The Morgan fingerprint density at radius 1 is 1.39 bits per heavy atom. The summed E-state index contributed by atoms with van der Waals surface area (Å²) < 4.78 is 6.00.